The van der Waals surface area contributed by atoms with Gasteiger partial charge in [-0.05, 0) is 35.9 Å². The van der Waals surface area contributed by atoms with Gasteiger partial charge in [0.25, 0.3) is 0 Å². The molecule has 0 atom stereocenters. The molecule has 25 heavy (non-hydrogen) atoms. The van der Waals surface area contributed by atoms with Crippen molar-refractivity contribution in [3.8, 4) is 0 Å². The van der Waals surface area contributed by atoms with E-state index in [0.29, 0.717) is 17.9 Å². The summed E-state index contributed by atoms with van der Waals surface area (Å²) < 4.78 is 4.64. The zero-order chi connectivity index (χ0) is 17.6. The number of carbonyl (C=O) groups excluding carboxylic acids is 2. The molecule has 2 N–H and O–H groups in total. The molecule has 6 heteroatoms. The van der Waals surface area contributed by atoms with Crippen LogP contribution in [0.2, 0.25) is 0 Å². The molecule has 3 aromatic rings. The van der Waals surface area contributed by atoms with Crippen LogP contribution in [0.15, 0.2) is 54.6 Å². The number of esters is 1. The van der Waals surface area contributed by atoms with Gasteiger partial charge in [-0.25, -0.2) is 9.78 Å². The van der Waals surface area contributed by atoms with E-state index in [9.17, 15) is 9.59 Å². The molecule has 1 amide bonds. The number of methoxy groups -OCH3 is 1. The lowest BCUT2D eigenvalue weighted by Gasteiger charge is -2.00. The Morgan fingerprint density at radius 3 is 2.64 bits per heavy atom. The van der Waals surface area contributed by atoms with Crippen molar-refractivity contribution in [1.29, 1.82) is 0 Å². The van der Waals surface area contributed by atoms with Crippen molar-refractivity contribution < 1.29 is 14.3 Å². The van der Waals surface area contributed by atoms with Gasteiger partial charge in [0.05, 0.1) is 30.3 Å². The highest BCUT2D eigenvalue weighted by atomic mass is 16.5. The van der Waals surface area contributed by atoms with E-state index in [0.717, 1.165) is 16.6 Å². The molecule has 0 radical (unpaired) electrons. The largest absolute Gasteiger partial charge is 0.465 e. The number of aromatic amines is 1. The fourth-order valence-corrected chi connectivity index (χ4v) is 2.34. The number of benzene rings is 2. The molecule has 0 saturated carbocycles. The first-order chi connectivity index (χ1) is 12.2. The van der Waals surface area contributed by atoms with Gasteiger partial charge in [-0.3, -0.25) is 4.79 Å². The van der Waals surface area contributed by atoms with E-state index in [1.165, 1.54) is 13.2 Å². The van der Waals surface area contributed by atoms with Gasteiger partial charge in [0, 0.05) is 6.08 Å². The Hall–Kier alpha value is -3.41. The van der Waals surface area contributed by atoms with Crippen molar-refractivity contribution >= 4 is 29.0 Å². The number of hydrogen-bond acceptors (Lipinski definition) is 4. The summed E-state index contributed by atoms with van der Waals surface area (Å²) in [5.41, 5.74) is 3.08. The first-order valence-corrected chi connectivity index (χ1v) is 7.73. The van der Waals surface area contributed by atoms with Gasteiger partial charge in [0.1, 0.15) is 5.82 Å². The maximum atomic E-state index is 11.9. The van der Waals surface area contributed by atoms with Crippen LogP contribution in [0.5, 0.6) is 0 Å². The van der Waals surface area contributed by atoms with E-state index < -0.39 is 0 Å². The molecule has 126 valence electrons. The summed E-state index contributed by atoms with van der Waals surface area (Å²) in [4.78, 5) is 30.8. The molecule has 3 rings (SSSR count). The molecule has 0 aliphatic heterocycles. The predicted octanol–water partition coefficient (Wildman–Crippen LogP) is 2.68. The lowest BCUT2D eigenvalue weighted by Crippen LogP contribution is -2.20. The molecule has 0 aliphatic carbocycles. The summed E-state index contributed by atoms with van der Waals surface area (Å²) in [7, 11) is 1.34. The number of aromatic nitrogens is 2. The second-order valence-electron chi connectivity index (χ2n) is 5.37. The number of nitrogens with zero attached hydrogens (tertiary/aromatic N) is 1. The SMILES string of the molecule is COC(=O)c1ccc(/C=C/C(=O)NCc2nc3ccccc3[nH]2)cc1. The molecule has 0 saturated heterocycles. The van der Waals surface area contributed by atoms with Crippen LogP contribution in [0.1, 0.15) is 21.7 Å². The molecular formula is C19H17N3O3. The summed E-state index contributed by atoms with van der Waals surface area (Å²) >= 11 is 0. The molecule has 2 aromatic carbocycles. The van der Waals surface area contributed by atoms with Crippen LogP contribution in [-0.4, -0.2) is 29.0 Å². The number of rotatable bonds is 5. The highest BCUT2D eigenvalue weighted by molar-refractivity contribution is 5.92. The summed E-state index contributed by atoms with van der Waals surface area (Å²) in [5.74, 6) is 0.0852. The minimum atomic E-state index is -0.390. The van der Waals surface area contributed by atoms with Crippen LogP contribution >= 0.6 is 0 Å². The Bertz CT molecular complexity index is 893. The van der Waals surface area contributed by atoms with Gasteiger partial charge in [0.15, 0.2) is 0 Å². The number of H-pyrrole nitrogens is 1. The minimum Gasteiger partial charge on any atom is -0.465 e. The molecular weight excluding hydrogens is 318 g/mol. The van der Waals surface area contributed by atoms with E-state index in [1.54, 1.807) is 30.3 Å². The second kappa shape index (κ2) is 7.44. The lowest BCUT2D eigenvalue weighted by atomic mass is 10.1. The number of nitrogens with one attached hydrogen (secondary N) is 2. The molecule has 0 bridgehead atoms. The van der Waals surface area contributed by atoms with Crippen molar-refractivity contribution in [3.63, 3.8) is 0 Å². The van der Waals surface area contributed by atoms with Crippen LogP contribution in [-0.2, 0) is 16.1 Å². The summed E-state index contributed by atoms with van der Waals surface area (Å²) in [6, 6.07) is 14.5. The first-order valence-electron chi connectivity index (χ1n) is 7.73. The van der Waals surface area contributed by atoms with Crippen molar-refractivity contribution in [2.45, 2.75) is 6.54 Å². The standard InChI is InChI=1S/C19H17N3O3/c1-25-19(24)14-9-6-13(7-10-14)8-11-18(23)20-12-17-21-15-4-2-3-5-16(15)22-17/h2-11H,12H2,1H3,(H,20,23)(H,21,22)/b11-8+. The van der Waals surface area contributed by atoms with Crippen molar-refractivity contribution in [3.05, 3.63) is 71.6 Å². The molecule has 0 aliphatic rings. The smallest absolute Gasteiger partial charge is 0.337 e. The number of carbonyl (C=O) groups is 2. The Kier molecular flexibility index (Phi) is 4.89. The van der Waals surface area contributed by atoms with Crippen molar-refractivity contribution in [2.24, 2.45) is 0 Å². The van der Waals surface area contributed by atoms with Crippen LogP contribution in [0.3, 0.4) is 0 Å². The normalized spacial score (nSPS) is 10.9. The van der Waals surface area contributed by atoms with Gasteiger partial charge in [0.2, 0.25) is 5.91 Å². The van der Waals surface area contributed by atoms with Crippen molar-refractivity contribution in [2.75, 3.05) is 7.11 Å². The Balaban J connectivity index is 1.56. The third-order valence-corrected chi connectivity index (χ3v) is 3.63. The zero-order valence-corrected chi connectivity index (χ0v) is 13.7. The number of fused-ring (bicyclic) bond motifs is 1. The number of imidazole rings is 1. The number of ether oxygens (including phenoxy) is 1. The topological polar surface area (TPSA) is 84.1 Å². The molecule has 0 spiro atoms. The molecule has 0 fully saturated rings. The average molecular weight is 335 g/mol. The Morgan fingerprint density at radius 1 is 1.16 bits per heavy atom. The van der Waals surface area contributed by atoms with Crippen LogP contribution in [0, 0.1) is 0 Å². The fraction of sp³-hybridized carbons (Fsp3) is 0.105. The molecule has 0 unspecified atom stereocenters. The van der Waals surface area contributed by atoms with Crippen LogP contribution in [0.25, 0.3) is 17.1 Å². The lowest BCUT2D eigenvalue weighted by molar-refractivity contribution is -0.116. The van der Waals surface area contributed by atoms with Crippen molar-refractivity contribution in [1.82, 2.24) is 15.3 Å². The zero-order valence-electron chi connectivity index (χ0n) is 13.7. The minimum absolute atomic E-state index is 0.225. The van der Waals surface area contributed by atoms with E-state index in [4.69, 9.17) is 0 Å². The highest BCUT2D eigenvalue weighted by Gasteiger charge is 2.04. The first kappa shape index (κ1) is 16.4. The Labute approximate surface area is 144 Å². The molecule has 6 nitrogen and oxygen atoms in total. The second-order valence-corrected chi connectivity index (χ2v) is 5.37. The van der Waals surface area contributed by atoms with Crippen LogP contribution < -0.4 is 5.32 Å². The maximum Gasteiger partial charge on any atom is 0.337 e. The average Bonchev–Trinajstić information content (AvgIpc) is 3.07. The van der Waals surface area contributed by atoms with E-state index >= 15 is 0 Å². The number of amides is 1. The number of para-hydroxylation sites is 2. The van der Waals surface area contributed by atoms with Gasteiger partial charge in [-0.1, -0.05) is 24.3 Å². The summed E-state index contributed by atoms with van der Waals surface area (Å²) in [5, 5.41) is 2.78. The fourth-order valence-electron chi connectivity index (χ4n) is 2.34. The van der Waals surface area contributed by atoms with Gasteiger partial charge < -0.3 is 15.0 Å². The van der Waals surface area contributed by atoms with E-state index in [2.05, 4.69) is 20.0 Å². The van der Waals surface area contributed by atoms with Crippen LogP contribution in [0.4, 0.5) is 0 Å². The maximum absolute atomic E-state index is 11.9. The highest BCUT2D eigenvalue weighted by Crippen LogP contribution is 2.10. The summed E-state index contributed by atoms with van der Waals surface area (Å²) in [6.07, 6.45) is 3.12. The molecule has 1 aromatic heterocycles. The van der Waals surface area contributed by atoms with E-state index in [1.807, 2.05) is 24.3 Å². The van der Waals surface area contributed by atoms with Gasteiger partial charge in [-0.2, -0.15) is 0 Å². The number of hydrogen-bond donors (Lipinski definition) is 2. The Morgan fingerprint density at radius 2 is 1.92 bits per heavy atom. The summed E-state index contributed by atoms with van der Waals surface area (Å²) in [6.45, 7) is 0.319. The third-order valence-electron chi connectivity index (χ3n) is 3.63. The van der Waals surface area contributed by atoms with Gasteiger partial charge >= 0.3 is 5.97 Å². The quantitative estimate of drug-likeness (QED) is 0.555. The monoisotopic (exact) mass is 335 g/mol. The molecule has 1 heterocycles. The van der Waals surface area contributed by atoms with Gasteiger partial charge in [-0.15, -0.1) is 0 Å². The predicted molar refractivity (Wildman–Crippen MR) is 94.8 cm³/mol. The third kappa shape index (κ3) is 4.11. The van der Waals surface area contributed by atoms with E-state index in [-0.39, 0.29) is 11.9 Å².